The highest BCUT2D eigenvalue weighted by Gasteiger charge is 2.50. The Hall–Kier alpha value is -1.55. The van der Waals surface area contributed by atoms with Crippen LogP contribution in [-0.2, 0) is 14.9 Å². The van der Waals surface area contributed by atoms with E-state index < -0.39 is 0 Å². The van der Waals surface area contributed by atoms with E-state index in [0.29, 0.717) is 13.2 Å². The lowest BCUT2D eigenvalue weighted by atomic mass is 9.95. The van der Waals surface area contributed by atoms with Gasteiger partial charge in [0.15, 0.2) is 0 Å². The SMILES string of the molecule is COCCCNC(=O)C1(c2ccc(N)cc2)CC1. The molecule has 2 rings (SSSR count). The van der Waals surface area contributed by atoms with Crippen LogP contribution < -0.4 is 11.1 Å². The number of hydrogen-bond donors (Lipinski definition) is 2. The van der Waals surface area contributed by atoms with Gasteiger partial charge in [0.1, 0.15) is 0 Å². The summed E-state index contributed by atoms with van der Waals surface area (Å²) in [4.78, 5) is 12.2. The van der Waals surface area contributed by atoms with Crippen molar-refractivity contribution in [1.82, 2.24) is 5.32 Å². The van der Waals surface area contributed by atoms with E-state index in [4.69, 9.17) is 10.5 Å². The number of methoxy groups -OCH3 is 1. The third kappa shape index (κ3) is 2.64. The Bertz CT molecular complexity index is 410. The summed E-state index contributed by atoms with van der Waals surface area (Å²) in [5.74, 6) is 0.128. The number of rotatable bonds is 6. The molecule has 98 valence electrons. The molecule has 1 saturated carbocycles. The van der Waals surface area contributed by atoms with Crippen LogP contribution in [0, 0.1) is 0 Å². The molecule has 0 unspecified atom stereocenters. The molecule has 0 aliphatic heterocycles. The summed E-state index contributed by atoms with van der Waals surface area (Å²) in [5, 5.41) is 2.98. The first-order valence-electron chi connectivity index (χ1n) is 6.32. The van der Waals surface area contributed by atoms with Gasteiger partial charge in [0, 0.05) is 25.9 Å². The number of hydrogen-bond acceptors (Lipinski definition) is 3. The first-order chi connectivity index (χ1) is 8.69. The van der Waals surface area contributed by atoms with Gasteiger partial charge < -0.3 is 15.8 Å². The van der Waals surface area contributed by atoms with Gasteiger partial charge in [-0.15, -0.1) is 0 Å². The number of carbonyl (C=O) groups is 1. The van der Waals surface area contributed by atoms with Gasteiger partial charge >= 0.3 is 0 Å². The van der Waals surface area contributed by atoms with Gasteiger partial charge in [0.25, 0.3) is 0 Å². The summed E-state index contributed by atoms with van der Waals surface area (Å²) in [5.41, 5.74) is 7.16. The average Bonchev–Trinajstić information content (AvgIpc) is 3.17. The Morgan fingerprint density at radius 2 is 2.06 bits per heavy atom. The second kappa shape index (κ2) is 5.40. The second-order valence-electron chi connectivity index (χ2n) is 4.81. The van der Waals surface area contributed by atoms with Crippen molar-refractivity contribution < 1.29 is 9.53 Å². The lowest BCUT2D eigenvalue weighted by Gasteiger charge is -2.15. The maximum atomic E-state index is 12.2. The Morgan fingerprint density at radius 3 is 2.61 bits per heavy atom. The molecule has 1 aliphatic rings. The van der Waals surface area contributed by atoms with E-state index in [2.05, 4.69) is 5.32 Å². The number of benzene rings is 1. The van der Waals surface area contributed by atoms with Crippen LogP contribution >= 0.6 is 0 Å². The van der Waals surface area contributed by atoms with Crippen molar-refractivity contribution in [2.24, 2.45) is 0 Å². The molecule has 18 heavy (non-hydrogen) atoms. The zero-order chi connectivity index (χ0) is 13.0. The van der Waals surface area contributed by atoms with Crippen LogP contribution in [0.1, 0.15) is 24.8 Å². The van der Waals surface area contributed by atoms with E-state index in [9.17, 15) is 4.79 Å². The van der Waals surface area contributed by atoms with Crippen LogP contribution in [-0.4, -0.2) is 26.2 Å². The van der Waals surface area contributed by atoms with Crippen molar-refractivity contribution in [3.8, 4) is 0 Å². The third-order valence-corrected chi connectivity index (χ3v) is 3.46. The Balaban J connectivity index is 1.94. The van der Waals surface area contributed by atoms with E-state index >= 15 is 0 Å². The van der Waals surface area contributed by atoms with Crippen molar-refractivity contribution >= 4 is 11.6 Å². The quantitative estimate of drug-likeness (QED) is 0.591. The first kappa shape index (κ1) is 12.9. The van der Waals surface area contributed by atoms with Crippen LogP contribution in [0.2, 0.25) is 0 Å². The van der Waals surface area contributed by atoms with Crippen LogP contribution in [0.3, 0.4) is 0 Å². The fourth-order valence-corrected chi connectivity index (χ4v) is 2.16. The summed E-state index contributed by atoms with van der Waals surface area (Å²) in [7, 11) is 1.67. The fourth-order valence-electron chi connectivity index (χ4n) is 2.16. The average molecular weight is 248 g/mol. The van der Waals surface area contributed by atoms with Crippen molar-refractivity contribution in [3.05, 3.63) is 29.8 Å². The molecule has 3 N–H and O–H groups in total. The summed E-state index contributed by atoms with van der Waals surface area (Å²) in [6.45, 7) is 1.35. The van der Waals surface area contributed by atoms with E-state index in [1.165, 1.54) is 0 Å². The maximum absolute atomic E-state index is 12.2. The molecule has 0 radical (unpaired) electrons. The van der Waals surface area contributed by atoms with E-state index in [1.54, 1.807) is 7.11 Å². The first-order valence-corrected chi connectivity index (χ1v) is 6.32. The van der Waals surface area contributed by atoms with Gasteiger partial charge in [0.2, 0.25) is 5.91 Å². The van der Waals surface area contributed by atoms with Crippen LogP contribution in [0.5, 0.6) is 0 Å². The number of anilines is 1. The molecule has 0 heterocycles. The number of amides is 1. The molecule has 1 aliphatic carbocycles. The topological polar surface area (TPSA) is 64.3 Å². The molecule has 4 nitrogen and oxygen atoms in total. The van der Waals surface area contributed by atoms with Gasteiger partial charge in [-0.3, -0.25) is 4.79 Å². The van der Waals surface area contributed by atoms with E-state index in [-0.39, 0.29) is 11.3 Å². The minimum absolute atomic E-state index is 0.128. The van der Waals surface area contributed by atoms with Crippen molar-refractivity contribution in [1.29, 1.82) is 0 Å². The predicted octanol–water partition coefficient (Wildman–Crippen LogP) is 1.45. The molecule has 0 aromatic heterocycles. The second-order valence-corrected chi connectivity index (χ2v) is 4.81. The van der Waals surface area contributed by atoms with Gasteiger partial charge in [-0.05, 0) is 37.0 Å². The zero-order valence-electron chi connectivity index (χ0n) is 10.7. The molecular formula is C14H20N2O2. The normalized spacial score (nSPS) is 16.3. The zero-order valence-corrected chi connectivity index (χ0v) is 10.7. The van der Waals surface area contributed by atoms with Crippen molar-refractivity contribution in [2.45, 2.75) is 24.7 Å². The highest BCUT2D eigenvalue weighted by atomic mass is 16.5. The summed E-state index contributed by atoms with van der Waals surface area (Å²) in [6, 6.07) is 7.62. The van der Waals surface area contributed by atoms with Crippen LogP contribution in [0.15, 0.2) is 24.3 Å². The Labute approximate surface area is 108 Å². The highest BCUT2D eigenvalue weighted by molar-refractivity contribution is 5.91. The Morgan fingerprint density at radius 1 is 1.39 bits per heavy atom. The molecule has 0 atom stereocenters. The molecule has 0 saturated heterocycles. The molecule has 1 amide bonds. The maximum Gasteiger partial charge on any atom is 0.230 e. The van der Waals surface area contributed by atoms with E-state index in [0.717, 1.165) is 30.5 Å². The molecule has 1 aromatic carbocycles. The van der Waals surface area contributed by atoms with Crippen molar-refractivity contribution in [2.75, 3.05) is 26.0 Å². The summed E-state index contributed by atoms with van der Waals surface area (Å²) in [6.07, 6.45) is 2.69. The number of ether oxygens (including phenoxy) is 1. The van der Waals surface area contributed by atoms with Gasteiger partial charge in [-0.1, -0.05) is 12.1 Å². The van der Waals surface area contributed by atoms with Crippen molar-refractivity contribution in [3.63, 3.8) is 0 Å². The molecule has 0 spiro atoms. The lowest BCUT2D eigenvalue weighted by Crippen LogP contribution is -2.35. The largest absolute Gasteiger partial charge is 0.399 e. The minimum Gasteiger partial charge on any atom is -0.399 e. The molecule has 0 bridgehead atoms. The number of nitrogen functional groups attached to an aromatic ring is 1. The van der Waals surface area contributed by atoms with Gasteiger partial charge in [-0.25, -0.2) is 0 Å². The molecular weight excluding hydrogens is 228 g/mol. The van der Waals surface area contributed by atoms with E-state index in [1.807, 2.05) is 24.3 Å². The molecule has 4 heteroatoms. The predicted molar refractivity (Wildman–Crippen MR) is 71.3 cm³/mol. The minimum atomic E-state index is -0.305. The standard InChI is InChI=1S/C14H20N2O2/c1-18-10-2-9-16-13(17)14(7-8-14)11-3-5-12(15)6-4-11/h3-6H,2,7-10,15H2,1H3,(H,16,17). The molecule has 1 aromatic rings. The fraction of sp³-hybridized carbons (Fsp3) is 0.500. The van der Waals surface area contributed by atoms with Gasteiger partial charge in [-0.2, -0.15) is 0 Å². The Kier molecular flexibility index (Phi) is 3.87. The third-order valence-electron chi connectivity index (χ3n) is 3.46. The van der Waals surface area contributed by atoms with Crippen LogP contribution in [0.4, 0.5) is 5.69 Å². The highest BCUT2D eigenvalue weighted by Crippen LogP contribution is 2.48. The summed E-state index contributed by atoms with van der Waals surface area (Å²) < 4.78 is 4.96. The monoisotopic (exact) mass is 248 g/mol. The lowest BCUT2D eigenvalue weighted by molar-refractivity contribution is -0.123. The number of nitrogens with one attached hydrogen (secondary N) is 1. The number of nitrogens with two attached hydrogens (primary N) is 1. The number of carbonyl (C=O) groups excluding carboxylic acids is 1. The smallest absolute Gasteiger partial charge is 0.230 e. The van der Waals surface area contributed by atoms with Crippen LogP contribution in [0.25, 0.3) is 0 Å². The molecule has 1 fully saturated rings. The van der Waals surface area contributed by atoms with Gasteiger partial charge in [0.05, 0.1) is 5.41 Å². The summed E-state index contributed by atoms with van der Waals surface area (Å²) >= 11 is 0.